The van der Waals surface area contributed by atoms with Gasteiger partial charge in [0.2, 0.25) is 0 Å². The largest absolute Gasteiger partial charge is 0.497 e. The number of benzene rings is 2. The highest BCUT2D eigenvalue weighted by atomic mass is 19.1. The summed E-state index contributed by atoms with van der Waals surface area (Å²) in [6.07, 6.45) is 1.76. The van der Waals surface area contributed by atoms with E-state index < -0.39 is 0 Å². The lowest BCUT2D eigenvalue weighted by atomic mass is 10.1. The van der Waals surface area contributed by atoms with Crippen molar-refractivity contribution in [1.82, 2.24) is 4.98 Å². The van der Waals surface area contributed by atoms with Gasteiger partial charge in [0, 0.05) is 23.2 Å². The Kier molecular flexibility index (Phi) is 3.44. The summed E-state index contributed by atoms with van der Waals surface area (Å²) in [7, 11) is 3.23. The van der Waals surface area contributed by atoms with Crippen molar-refractivity contribution in [3.63, 3.8) is 0 Å². The Hall–Kier alpha value is -2.62. The number of fused-ring (bicyclic) bond motifs is 1. The molecule has 4 heteroatoms. The van der Waals surface area contributed by atoms with Crippen LogP contribution in [0.25, 0.3) is 22.0 Å². The van der Waals surface area contributed by atoms with Crippen LogP contribution in [0.2, 0.25) is 0 Å². The smallest absolute Gasteiger partial charge is 0.131 e. The zero-order valence-electron chi connectivity index (χ0n) is 11.8. The molecule has 106 valence electrons. The van der Waals surface area contributed by atoms with E-state index in [1.165, 1.54) is 12.1 Å². The number of nitrogens with zero attached hydrogens (tertiary/aromatic N) is 1. The van der Waals surface area contributed by atoms with Gasteiger partial charge in [-0.1, -0.05) is 0 Å². The van der Waals surface area contributed by atoms with Gasteiger partial charge in [-0.2, -0.15) is 0 Å². The first kappa shape index (κ1) is 13.4. The molecule has 0 spiro atoms. The first-order valence-corrected chi connectivity index (χ1v) is 6.49. The quantitative estimate of drug-likeness (QED) is 0.726. The molecule has 2 aromatic carbocycles. The van der Waals surface area contributed by atoms with Gasteiger partial charge in [0.05, 0.1) is 19.9 Å². The van der Waals surface area contributed by atoms with Crippen molar-refractivity contribution in [1.29, 1.82) is 0 Å². The highest BCUT2D eigenvalue weighted by Crippen LogP contribution is 2.32. The van der Waals surface area contributed by atoms with Crippen LogP contribution in [0.15, 0.2) is 48.7 Å². The number of ether oxygens (including phenoxy) is 2. The predicted octanol–water partition coefficient (Wildman–Crippen LogP) is 4.06. The molecule has 0 unspecified atom stereocenters. The molecule has 3 nitrogen and oxygen atoms in total. The molecule has 0 fully saturated rings. The Morgan fingerprint density at radius 1 is 0.952 bits per heavy atom. The summed E-state index contributed by atoms with van der Waals surface area (Å²) in [5.74, 6) is 1.17. The Morgan fingerprint density at radius 2 is 1.71 bits per heavy atom. The molecule has 0 saturated carbocycles. The van der Waals surface area contributed by atoms with E-state index in [9.17, 15) is 4.39 Å². The molecule has 3 rings (SSSR count). The van der Waals surface area contributed by atoms with E-state index in [4.69, 9.17) is 9.47 Å². The van der Waals surface area contributed by atoms with Crippen molar-refractivity contribution >= 4 is 10.8 Å². The Bertz CT molecular complexity index is 785. The molecule has 0 N–H and O–H groups in total. The molecule has 0 bridgehead atoms. The first-order valence-electron chi connectivity index (χ1n) is 6.49. The molecule has 0 radical (unpaired) electrons. The fourth-order valence-electron chi connectivity index (χ4n) is 2.26. The molecule has 0 saturated heterocycles. The van der Waals surface area contributed by atoms with E-state index in [1.54, 1.807) is 32.5 Å². The van der Waals surface area contributed by atoms with Crippen LogP contribution in [0.5, 0.6) is 11.5 Å². The van der Waals surface area contributed by atoms with Crippen LogP contribution in [0.3, 0.4) is 0 Å². The van der Waals surface area contributed by atoms with Crippen molar-refractivity contribution < 1.29 is 13.9 Å². The van der Waals surface area contributed by atoms with Gasteiger partial charge in [0.15, 0.2) is 0 Å². The maximum Gasteiger partial charge on any atom is 0.131 e. The molecule has 3 aromatic rings. The summed E-state index contributed by atoms with van der Waals surface area (Å²) in [6.45, 7) is 0. The van der Waals surface area contributed by atoms with E-state index in [1.807, 2.05) is 18.2 Å². The Balaban J connectivity index is 2.16. The lowest BCUT2D eigenvalue weighted by molar-refractivity contribution is 0.398. The monoisotopic (exact) mass is 283 g/mol. The molecular weight excluding hydrogens is 269 g/mol. The zero-order chi connectivity index (χ0) is 14.8. The minimum atomic E-state index is -0.261. The number of hydrogen-bond donors (Lipinski definition) is 0. The van der Waals surface area contributed by atoms with Gasteiger partial charge >= 0.3 is 0 Å². The van der Waals surface area contributed by atoms with Gasteiger partial charge in [-0.15, -0.1) is 0 Å². The van der Waals surface area contributed by atoms with Gasteiger partial charge < -0.3 is 9.47 Å². The average Bonchev–Trinajstić information content (AvgIpc) is 2.53. The van der Waals surface area contributed by atoms with Crippen LogP contribution >= 0.6 is 0 Å². The molecule has 0 aliphatic heterocycles. The van der Waals surface area contributed by atoms with Crippen LogP contribution in [0.1, 0.15) is 0 Å². The number of methoxy groups -OCH3 is 2. The number of aromatic nitrogens is 1. The van der Waals surface area contributed by atoms with Crippen molar-refractivity contribution in [3.8, 4) is 22.8 Å². The average molecular weight is 283 g/mol. The van der Waals surface area contributed by atoms with Gasteiger partial charge in [-0.25, -0.2) is 4.39 Å². The zero-order valence-corrected chi connectivity index (χ0v) is 11.8. The van der Waals surface area contributed by atoms with Gasteiger partial charge in [0.1, 0.15) is 17.3 Å². The summed E-state index contributed by atoms with van der Waals surface area (Å²) in [5.41, 5.74) is 1.64. The third-order valence-corrected chi connectivity index (χ3v) is 3.37. The Labute approximate surface area is 122 Å². The molecule has 0 atom stereocenters. The molecule has 1 heterocycles. The maximum absolute atomic E-state index is 13.0. The number of hydrogen-bond acceptors (Lipinski definition) is 3. The lowest BCUT2D eigenvalue weighted by Gasteiger charge is -2.10. The third kappa shape index (κ3) is 2.52. The van der Waals surface area contributed by atoms with Crippen LogP contribution in [-0.4, -0.2) is 19.2 Å². The Morgan fingerprint density at radius 3 is 2.38 bits per heavy atom. The molecule has 1 aromatic heterocycles. The standard InChI is InChI=1S/C17H14FNO2/c1-20-14-7-12-8-16(11-3-5-13(18)6-4-11)19-10-15(12)17(9-14)21-2/h3-10H,1-2H3. The minimum Gasteiger partial charge on any atom is -0.497 e. The molecule has 0 aliphatic rings. The normalized spacial score (nSPS) is 10.6. The number of pyridine rings is 1. The highest BCUT2D eigenvalue weighted by Gasteiger charge is 2.08. The van der Waals surface area contributed by atoms with Gasteiger partial charge in [-0.05, 0) is 41.8 Å². The van der Waals surface area contributed by atoms with Gasteiger partial charge in [0.25, 0.3) is 0 Å². The first-order chi connectivity index (χ1) is 10.2. The van der Waals surface area contributed by atoms with E-state index in [0.717, 1.165) is 27.8 Å². The summed E-state index contributed by atoms with van der Waals surface area (Å²) in [5, 5.41) is 1.87. The summed E-state index contributed by atoms with van der Waals surface area (Å²) >= 11 is 0. The SMILES string of the molecule is COc1cc(OC)c2cnc(-c3ccc(F)cc3)cc2c1. The van der Waals surface area contributed by atoms with E-state index in [2.05, 4.69) is 4.98 Å². The van der Waals surface area contributed by atoms with E-state index >= 15 is 0 Å². The summed E-state index contributed by atoms with van der Waals surface area (Å²) in [6, 6.07) is 11.9. The fraction of sp³-hybridized carbons (Fsp3) is 0.118. The maximum atomic E-state index is 13.0. The summed E-state index contributed by atoms with van der Waals surface area (Å²) < 4.78 is 23.6. The third-order valence-electron chi connectivity index (χ3n) is 3.37. The van der Waals surface area contributed by atoms with Crippen LogP contribution in [-0.2, 0) is 0 Å². The van der Waals surface area contributed by atoms with Crippen molar-refractivity contribution in [3.05, 3.63) is 54.5 Å². The van der Waals surface area contributed by atoms with Crippen LogP contribution in [0.4, 0.5) is 4.39 Å². The summed E-state index contributed by atoms with van der Waals surface area (Å²) in [4.78, 5) is 4.43. The van der Waals surface area contributed by atoms with Gasteiger partial charge in [-0.3, -0.25) is 4.98 Å². The van der Waals surface area contributed by atoms with E-state index in [-0.39, 0.29) is 5.82 Å². The fourth-order valence-corrected chi connectivity index (χ4v) is 2.26. The number of halogens is 1. The minimum absolute atomic E-state index is 0.261. The highest BCUT2D eigenvalue weighted by molar-refractivity contribution is 5.91. The molecule has 0 aliphatic carbocycles. The molecular formula is C17H14FNO2. The van der Waals surface area contributed by atoms with Crippen molar-refractivity contribution in [2.24, 2.45) is 0 Å². The molecule has 21 heavy (non-hydrogen) atoms. The number of rotatable bonds is 3. The predicted molar refractivity (Wildman–Crippen MR) is 80.2 cm³/mol. The molecule has 0 amide bonds. The second kappa shape index (κ2) is 5.40. The topological polar surface area (TPSA) is 31.4 Å². The lowest BCUT2D eigenvalue weighted by Crippen LogP contribution is -1.91. The second-order valence-electron chi connectivity index (χ2n) is 4.63. The van der Waals surface area contributed by atoms with Crippen LogP contribution < -0.4 is 9.47 Å². The van der Waals surface area contributed by atoms with E-state index in [0.29, 0.717) is 5.75 Å². The second-order valence-corrected chi connectivity index (χ2v) is 4.63. The van der Waals surface area contributed by atoms with Crippen molar-refractivity contribution in [2.75, 3.05) is 14.2 Å². The van der Waals surface area contributed by atoms with Crippen LogP contribution in [0, 0.1) is 5.82 Å². The van der Waals surface area contributed by atoms with Crippen molar-refractivity contribution in [2.45, 2.75) is 0 Å².